The lowest BCUT2D eigenvalue weighted by Gasteiger charge is -2.33. The van der Waals surface area contributed by atoms with Gasteiger partial charge in [0, 0.05) is 11.1 Å². The summed E-state index contributed by atoms with van der Waals surface area (Å²) in [5, 5.41) is 0. The third-order valence-electron chi connectivity index (χ3n) is 6.54. The van der Waals surface area contributed by atoms with Crippen LogP contribution < -0.4 is 4.74 Å². The summed E-state index contributed by atoms with van der Waals surface area (Å²) in [6.45, 7) is 8.12. The molecule has 2 aromatic rings. The van der Waals surface area contributed by atoms with E-state index in [0.29, 0.717) is 42.2 Å². The van der Waals surface area contributed by atoms with Gasteiger partial charge in [0.15, 0.2) is 5.78 Å². The molecule has 0 amide bonds. The first-order valence-electron chi connectivity index (χ1n) is 12.3. The van der Waals surface area contributed by atoms with Crippen molar-refractivity contribution in [2.24, 2.45) is 16.7 Å². The molecule has 0 spiro atoms. The van der Waals surface area contributed by atoms with Gasteiger partial charge in [-0.3, -0.25) is 14.4 Å². The highest BCUT2D eigenvalue weighted by molar-refractivity contribution is 6.08. The van der Waals surface area contributed by atoms with Gasteiger partial charge in [-0.1, -0.05) is 37.3 Å². The fourth-order valence-electron chi connectivity index (χ4n) is 3.99. The first-order valence-corrected chi connectivity index (χ1v) is 12.3. The predicted molar refractivity (Wildman–Crippen MR) is 133 cm³/mol. The Balaban J connectivity index is 1.45. The fourth-order valence-corrected chi connectivity index (χ4v) is 3.99. The summed E-state index contributed by atoms with van der Waals surface area (Å²) in [7, 11) is 0. The van der Waals surface area contributed by atoms with E-state index in [0.717, 1.165) is 12.8 Å². The van der Waals surface area contributed by atoms with Crippen LogP contribution in [0.1, 0.15) is 69.3 Å². The Morgan fingerprint density at radius 2 is 1.46 bits per heavy atom. The van der Waals surface area contributed by atoms with Crippen molar-refractivity contribution in [2.45, 2.75) is 53.4 Å². The second-order valence-corrected chi connectivity index (χ2v) is 10.2. The summed E-state index contributed by atoms with van der Waals surface area (Å²) in [4.78, 5) is 37.9. The summed E-state index contributed by atoms with van der Waals surface area (Å²) in [6.07, 6.45) is 3.12. The maximum absolute atomic E-state index is 12.9. The van der Waals surface area contributed by atoms with Crippen LogP contribution in [0.25, 0.3) is 0 Å². The Bertz CT molecular complexity index is 1010. The lowest BCUT2D eigenvalue weighted by Crippen LogP contribution is -2.39. The monoisotopic (exact) mass is 480 g/mol. The van der Waals surface area contributed by atoms with E-state index in [9.17, 15) is 14.4 Å². The zero-order valence-corrected chi connectivity index (χ0v) is 21.2. The molecular weight excluding hydrogens is 444 g/mol. The van der Waals surface area contributed by atoms with E-state index in [4.69, 9.17) is 14.2 Å². The van der Waals surface area contributed by atoms with Crippen LogP contribution in [-0.4, -0.2) is 37.5 Å². The molecule has 6 nitrogen and oxygen atoms in total. The molecule has 0 heterocycles. The number of ketones is 1. The van der Waals surface area contributed by atoms with Crippen molar-refractivity contribution in [3.63, 3.8) is 0 Å². The zero-order valence-electron chi connectivity index (χ0n) is 21.2. The molecular formula is C29H36O6. The van der Waals surface area contributed by atoms with Crippen LogP contribution in [0.2, 0.25) is 0 Å². The average molecular weight is 481 g/mol. The van der Waals surface area contributed by atoms with E-state index in [1.807, 2.05) is 45.9 Å². The van der Waals surface area contributed by atoms with Crippen LogP contribution in [0, 0.1) is 16.7 Å². The highest BCUT2D eigenvalue weighted by atomic mass is 16.6. The van der Waals surface area contributed by atoms with Crippen LogP contribution in [0.3, 0.4) is 0 Å². The van der Waals surface area contributed by atoms with Crippen LogP contribution in [0.15, 0.2) is 54.6 Å². The topological polar surface area (TPSA) is 78.9 Å². The Morgan fingerprint density at radius 3 is 2.06 bits per heavy atom. The van der Waals surface area contributed by atoms with Gasteiger partial charge in [0.05, 0.1) is 17.4 Å². The molecule has 0 aliphatic heterocycles. The molecule has 6 heteroatoms. The molecule has 1 saturated carbocycles. The Morgan fingerprint density at radius 1 is 0.829 bits per heavy atom. The van der Waals surface area contributed by atoms with Gasteiger partial charge in [-0.2, -0.15) is 0 Å². The van der Waals surface area contributed by atoms with Gasteiger partial charge >= 0.3 is 11.9 Å². The van der Waals surface area contributed by atoms with Gasteiger partial charge in [-0.15, -0.1) is 0 Å². The number of benzene rings is 2. The maximum Gasteiger partial charge on any atom is 0.311 e. The van der Waals surface area contributed by atoms with Crippen molar-refractivity contribution in [2.75, 3.05) is 19.8 Å². The highest BCUT2D eigenvalue weighted by Crippen LogP contribution is 2.39. The first kappa shape index (κ1) is 26.5. The molecule has 0 aromatic heterocycles. The van der Waals surface area contributed by atoms with Gasteiger partial charge in [0.25, 0.3) is 0 Å². The van der Waals surface area contributed by atoms with E-state index in [-0.39, 0.29) is 30.9 Å². The van der Waals surface area contributed by atoms with E-state index in [2.05, 4.69) is 0 Å². The molecule has 1 fully saturated rings. The Labute approximate surface area is 208 Å². The lowest BCUT2D eigenvalue weighted by atomic mass is 9.72. The van der Waals surface area contributed by atoms with Gasteiger partial charge in [-0.25, -0.2) is 0 Å². The highest BCUT2D eigenvalue weighted by Gasteiger charge is 2.43. The van der Waals surface area contributed by atoms with Gasteiger partial charge in [0.1, 0.15) is 19.0 Å². The molecule has 2 aromatic carbocycles. The van der Waals surface area contributed by atoms with Crippen molar-refractivity contribution in [3.8, 4) is 5.75 Å². The summed E-state index contributed by atoms with van der Waals surface area (Å²) >= 11 is 0. The number of hydrogen-bond acceptors (Lipinski definition) is 6. The summed E-state index contributed by atoms with van der Waals surface area (Å²) < 4.78 is 16.6. The summed E-state index contributed by atoms with van der Waals surface area (Å²) in [6, 6.07) is 16.0. The molecule has 1 unspecified atom stereocenters. The van der Waals surface area contributed by atoms with E-state index >= 15 is 0 Å². The maximum atomic E-state index is 12.9. The zero-order chi connectivity index (χ0) is 25.5. The molecule has 0 saturated heterocycles. The normalized spacial score (nSPS) is 15.1. The number of carbonyl (C=O) groups excluding carboxylic acids is 3. The Kier molecular flexibility index (Phi) is 8.71. The Hall–Kier alpha value is -3.15. The van der Waals surface area contributed by atoms with E-state index < -0.39 is 10.8 Å². The SMILES string of the molecule is CCC(C)(CC(C)(C)C(=O)OCC1CC1)C(=O)OCCOc1ccc(C(=O)c2ccccc2)cc1. The van der Waals surface area contributed by atoms with Crippen molar-refractivity contribution < 1.29 is 28.6 Å². The molecule has 0 bridgehead atoms. The largest absolute Gasteiger partial charge is 0.490 e. The lowest BCUT2D eigenvalue weighted by molar-refractivity contribution is -0.163. The minimum Gasteiger partial charge on any atom is -0.490 e. The van der Waals surface area contributed by atoms with Crippen LogP contribution in [0.4, 0.5) is 0 Å². The first-order chi connectivity index (χ1) is 16.6. The van der Waals surface area contributed by atoms with Gasteiger partial charge in [0.2, 0.25) is 0 Å². The molecule has 3 rings (SSSR count). The minimum absolute atomic E-state index is 0.0516. The van der Waals surface area contributed by atoms with Crippen molar-refractivity contribution in [1.29, 1.82) is 0 Å². The predicted octanol–water partition coefficient (Wildman–Crippen LogP) is 5.63. The summed E-state index contributed by atoms with van der Waals surface area (Å²) in [5.41, 5.74) is -0.381. The molecule has 188 valence electrons. The minimum atomic E-state index is -0.804. The third kappa shape index (κ3) is 7.41. The van der Waals surface area contributed by atoms with E-state index in [1.54, 1.807) is 36.4 Å². The smallest absolute Gasteiger partial charge is 0.311 e. The second-order valence-electron chi connectivity index (χ2n) is 10.2. The molecule has 0 radical (unpaired) electrons. The van der Waals surface area contributed by atoms with Crippen molar-refractivity contribution in [1.82, 2.24) is 0 Å². The molecule has 35 heavy (non-hydrogen) atoms. The van der Waals surface area contributed by atoms with Crippen molar-refractivity contribution >= 4 is 17.7 Å². The third-order valence-corrected chi connectivity index (χ3v) is 6.54. The van der Waals surface area contributed by atoms with Crippen LogP contribution in [-0.2, 0) is 19.1 Å². The number of hydrogen-bond donors (Lipinski definition) is 0. The summed E-state index contributed by atoms with van der Waals surface area (Å²) in [5.74, 6) is 0.412. The van der Waals surface area contributed by atoms with Crippen molar-refractivity contribution in [3.05, 3.63) is 65.7 Å². The number of carbonyl (C=O) groups is 3. The number of esters is 2. The van der Waals surface area contributed by atoms with Crippen LogP contribution >= 0.6 is 0 Å². The standard InChI is InChI=1S/C29H36O6/c1-5-29(4,20-28(2,3)26(31)35-19-21-11-12-21)27(32)34-18-17-33-24-15-13-23(14-16-24)25(30)22-9-7-6-8-10-22/h6-10,13-16,21H,5,11-12,17-20H2,1-4H3. The quantitative estimate of drug-likeness (QED) is 0.210. The molecule has 0 N–H and O–H groups in total. The second kappa shape index (κ2) is 11.5. The fraction of sp³-hybridized carbons (Fsp3) is 0.483. The molecule has 1 aliphatic carbocycles. The number of ether oxygens (including phenoxy) is 3. The molecule has 1 aliphatic rings. The van der Waals surface area contributed by atoms with E-state index in [1.165, 1.54) is 0 Å². The van der Waals surface area contributed by atoms with Gasteiger partial charge < -0.3 is 14.2 Å². The van der Waals surface area contributed by atoms with Crippen LogP contribution in [0.5, 0.6) is 5.75 Å². The average Bonchev–Trinajstić information content (AvgIpc) is 3.69. The number of rotatable bonds is 13. The van der Waals surface area contributed by atoms with Gasteiger partial charge in [-0.05, 0) is 76.6 Å². The molecule has 1 atom stereocenters.